The predicted molar refractivity (Wildman–Crippen MR) is 97.6 cm³/mol. The average Bonchev–Trinajstić information content (AvgIpc) is 2.56. The molecule has 0 saturated heterocycles. The number of halogens is 1. The summed E-state index contributed by atoms with van der Waals surface area (Å²) in [4.78, 5) is 20.6. The number of hydrogen-bond donors (Lipinski definition) is 0. The molecule has 0 aliphatic carbocycles. The molecule has 0 radical (unpaired) electrons. The van der Waals surface area contributed by atoms with Crippen molar-refractivity contribution >= 4 is 5.91 Å². The second-order valence-electron chi connectivity index (χ2n) is 6.68. The molecule has 0 N–H and O–H groups in total. The first-order chi connectivity index (χ1) is 11.8. The summed E-state index contributed by atoms with van der Waals surface area (Å²) >= 11 is 0. The highest BCUT2D eigenvalue weighted by Gasteiger charge is 2.18. The molecule has 1 atom stereocenters. The van der Waals surface area contributed by atoms with Gasteiger partial charge in [-0.3, -0.25) is 14.7 Å². The smallest absolute Gasteiger partial charge is 0.236 e. The third kappa shape index (κ3) is 5.94. The van der Waals surface area contributed by atoms with Gasteiger partial charge in [0.05, 0.1) is 6.54 Å². The quantitative estimate of drug-likeness (QED) is 0.775. The molecule has 25 heavy (non-hydrogen) atoms. The van der Waals surface area contributed by atoms with Crippen molar-refractivity contribution in [1.29, 1.82) is 0 Å². The van der Waals surface area contributed by atoms with E-state index in [1.54, 1.807) is 23.2 Å². The summed E-state index contributed by atoms with van der Waals surface area (Å²) in [7, 11) is 3.72. The molecule has 0 aliphatic rings. The topological polar surface area (TPSA) is 36.4 Å². The molecular weight excluding hydrogens is 317 g/mol. The van der Waals surface area contributed by atoms with Crippen molar-refractivity contribution in [2.24, 2.45) is 0 Å². The number of aromatic nitrogens is 1. The first-order valence-corrected chi connectivity index (χ1v) is 8.45. The first kappa shape index (κ1) is 19.1. The maximum absolute atomic E-state index is 13.0. The van der Waals surface area contributed by atoms with Crippen molar-refractivity contribution in [1.82, 2.24) is 14.8 Å². The highest BCUT2D eigenvalue weighted by molar-refractivity contribution is 5.78. The van der Waals surface area contributed by atoms with Crippen molar-refractivity contribution in [3.05, 3.63) is 65.2 Å². The standard InChI is InChI=1S/C20H26FN3O/c1-15-9-10-22-19(11-15)12-16(2)24(4)20(25)14-23(3)13-17-5-7-18(21)8-6-17/h5-11,16H,12-14H2,1-4H3. The van der Waals surface area contributed by atoms with Crippen LogP contribution in [0.1, 0.15) is 23.7 Å². The second kappa shape index (κ2) is 8.72. The van der Waals surface area contributed by atoms with E-state index in [1.165, 1.54) is 17.7 Å². The van der Waals surface area contributed by atoms with Gasteiger partial charge in [0.1, 0.15) is 5.82 Å². The second-order valence-corrected chi connectivity index (χ2v) is 6.68. The third-order valence-corrected chi connectivity index (χ3v) is 4.30. The Balaban J connectivity index is 1.86. The Hall–Kier alpha value is -2.27. The van der Waals surface area contributed by atoms with Gasteiger partial charge < -0.3 is 4.90 Å². The van der Waals surface area contributed by atoms with Crippen LogP contribution in [0.3, 0.4) is 0 Å². The van der Waals surface area contributed by atoms with Gasteiger partial charge in [-0.1, -0.05) is 12.1 Å². The summed E-state index contributed by atoms with van der Waals surface area (Å²) in [5, 5.41) is 0. The molecular formula is C20H26FN3O. The van der Waals surface area contributed by atoms with E-state index in [-0.39, 0.29) is 17.8 Å². The monoisotopic (exact) mass is 343 g/mol. The van der Waals surface area contributed by atoms with Crippen LogP contribution >= 0.6 is 0 Å². The van der Waals surface area contributed by atoms with E-state index in [9.17, 15) is 9.18 Å². The van der Waals surface area contributed by atoms with Crippen LogP contribution in [0.5, 0.6) is 0 Å². The van der Waals surface area contributed by atoms with Gasteiger partial charge in [-0.05, 0) is 56.3 Å². The number of nitrogens with zero attached hydrogens (tertiary/aromatic N) is 3. The molecule has 2 aromatic rings. The number of carbonyl (C=O) groups is 1. The van der Waals surface area contributed by atoms with Crippen LogP contribution in [0.2, 0.25) is 0 Å². The summed E-state index contributed by atoms with van der Waals surface area (Å²) < 4.78 is 13.0. The average molecular weight is 343 g/mol. The molecule has 0 saturated carbocycles. The van der Waals surface area contributed by atoms with Gasteiger partial charge in [-0.2, -0.15) is 0 Å². The van der Waals surface area contributed by atoms with Gasteiger partial charge in [0.25, 0.3) is 0 Å². The largest absolute Gasteiger partial charge is 0.342 e. The highest BCUT2D eigenvalue weighted by Crippen LogP contribution is 2.09. The molecule has 5 heteroatoms. The molecule has 1 heterocycles. The third-order valence-electron chi connectivity index (χ3n) is 4.30. The fourth-order valence-electron chi connectivity index (χ4n) is 2.70. The number of amides is 1. The number of likely N-dealkylation sites (N-methyl/N-ethyl adjacent to an activating group) is 2. The summed E-state index contributed by atoms with van der Waals surface area (Å²) in [6, 6.07) is 10.4. The van der Waals surface area contributed by atoms with Crippen LogP contribution in [0.25, 0.3) is 0 Å². The maximum Gasteiger partial charge on any atom is 0.236 e. The Bertz CT molecular complexity index is 702. The molecule has 0 fully saturated rings. The van der Waals surface area contributed by atoms with E-state index in [1.807, 2.05) is 38.9 Å². The van der Waals surface area contributed by atoms with E-state index in [4.69, 9.17) is 0 Å². The number of pyridine rings is 1. The molecule has 134 valence electrons. The Morgan fingerprint density at radius 1 is 1.20 bits per heavy atom. The molecule has 1 aromatic heterocycles. The number of carbonyl (C=O) groups excluding carboxylic acids is 1. The van der Waals surface area contributed by atoms with Gasteiger partial charge >= 0.3 is 0 Å². The molecule has 0 spiro atoms. The SMILES string of the molecule is Cc1ccnc(CC(C)N(C)C(=O)CN(C)Cc2ccc(F)cc2)c1. The van der Waals surface area contributed by atoms with Crippen LogP contribution in [-0.4, -0.2) is 47.4 Å². The Kier molecular flexibility index (Phi) is 6.65. The molecule has 1 amide bonds. The molecule has 4 nitrogen and oxygen atoms in total. The lowest BCUT2D eigenvalue weighted by molar-refractivity contribution is -0.132. The van der Waals surface area contributed by atoms with E-state index in [0.717, 1.165) is 17.7 Å². The number of hydrogen-bond acceptors (Lipinski definition) is 3. The van der Waals surface area contributed by atoms with Gasteiger partial charge in [0.15, 0.2) is 0 Å². The van der Waals surface area contributed by atoms with Crippen molar-refractivity contribution in [2.45, 2.75) is 32.9 Å². The highest BCUT2D eigenvalue weighted by atomic mass is 19.1. The minimum absolute atomic E-state index is 0.0600. The number of aryl methyl sites for hydroxylation is 1. The van der Waals surface area contributed by atoms with Crippen LogP contribution in [0, 0.1) is 12.7 Å². The minimum atomic E-state index is -0.249. The summed E-state index contributed by atoms with van der Waals surface area (Å²) in [6.45, 7) is 4.99. The molecule has 2 rings (SSSR count). The van der Waals surface area contributed by atoms with E-state index < -0.39 is 0 Å². The molecule has 1 aromatic carbocycles. The Morgan fingerprint density at radius 3 is 2.52 bits per heavy atom. The lowest BCUT2D eigenvalue weighted by Crippen LogP contribution is -2.42. The van der Waals surface area contributed by atoms with Crippen LogP contribution in [0.15, 0.2) is 42.6 Å². The molecule has 0 bridgehead atoms. The van der Waals surface area contributed by atoms with E-state index in [2.05, 4.69) is 11.1 Å². The van der Waals surface area contributed by atoms with Crippen LogP contribution in [-0.2, 0) is 17.8 Å². The first-order valence-electron chi connectivity index (χ1n) is 8.45. The van der Waals surface area contributed by atoms with E-state index in [0.29, 0.717) is 13.1 Å². The van der Waals surface area contributed by atoms with Crippen molar-refractivity contribution in [3.8, 4) is 0 Å². The lowest BCUT2D eigenvalue weighted by atomic mass is 10.1. The Morgan fingerprint density at radius 2 is 1.88 bits per heavy atom. The van der Waals surface area contributed by atoms with Gasteiger partial charge in [0.2, 0.25) is 5.91 Å². The minimum Gasteiger partial charge on any atom is -0.342 e. The van der Waals surface area contributed by atoms with Crippen molar-refractivity contribution < 1.29 is 9.18 Å². The molecule has 0 aliphatic heterocycles. The Labute approximate surface area is 149 Å². The fraction of sp³-hybridized carbons (Fsp3) is 0.400. The van der Waals surface area contributed by atoms with Gasteiger partial charge in [-0.15, -0.1) is 0 Å². The number of benzene rings is 1. The van der Waals surface area contributed by atoms with Crippen LogP contribution in [0.4, 0.5) is 4.39 Å². The zero-order valence-corrected chi connectivity index (χ0v) is 15.4. The summed E-state index contributed by atoms with van der Waals surface area (Å²) in [5.41, 5.74) is 3.15. The number of rotatable bonds is 7. The van der Waals surface area contributed by atoms with Crippen molar-refractivity contribution in [2.75, 3.05) is 20.6 Å². The van der Waals surface area contributed by atoms with Gasteiger partial charge in [-0.25, -0.2) is 4.39 Å². The lowest BCUT2D eigenvalue weighted by Gasteiger charge is -2.27. The predicted octanol–water partition coefficient (Wildman–Crippen LogP) is 3.05. The summed E-state index contributed by atoms with van der Waals surface area (Å²) in [6.07, 6.45) is 2.53. The fourth-order valence-corrected chi connectivity index (χ4v) is 2.70. The van der Waals surface area contributed by atoms with Crippen LogP contribution < -0.4 is 0 Å². The normalized spacial score (nSPS) is 12.2. The summed E-state index contributed by atoms with van der Waals surface area (Å²) in [5.74, 6) is -0.189. The zero-order chi connectivity index (χ0) is 18.4. The van der Waals surface area contributed by atoms with E-state index >= 15 is 0 Å². The maximum atomic E-state index is 13.0. The van der Waals surface area contributed by atoms with Crippen molar-refractivity contribution in [3.63, 3.8) is 0 Å². The molecule has 1 unspecified atom stereocenters. The zero-order valence-electron chi connectivity index (χ0n) is 15.4. The van der Waals surface area contributed by atoms with Gasteiger partial charge in [0, 0.05) is 37.9 Å².